The summed E-state index contributed by atoms with van der Waals surface area (Å²) in [5.74, 6) is 0.829. The first-order valence-corrected chi connectivity index (χ1v) is 10.1. The van der Waals surface area contributed by atoms with Gasteiger partial charge in [0.05, 0.1) is 11.7 Å². The summed E-state index contributed by atoms with van der Waals surface area (Å²) in [5.41, 5.74) is 2.46. The van der Waals surface area contributed by atoms with Gasteiger partial charge in [-0.3, -0.25) is 9.36 Å². The second-order valence-corrected chi connectivity index (χ2v) is 7.69. The van der Waals surface area contributed by atoms with Crippen molar-refractivity contribution in [2.75, 3.05) is 0 Å². The first-order chi connectivity index (χ1) is 14.2. The van der Waals surface area contributed by atoms with E-state index >= 15 is 0 Å². The minimum atomic E-state index is -0.152. The van der Waals surface area contributed by atoms with Crippen molar-refractivity contribution >= 4 is 33.2 Å². The summed E-state index contributed by atoms with van der Waals surface area (Å²) in [4.78, 5) is 22.7. The number of halogens is 1. The molecule has 2 aromatic carbocycles. The summed E-state index contributed by atoms with van der Waals surface area (Å²) in [6.45, 7) is 0.150. The third-order valence-corrected chi connectivity index (χ3v) is 5.66. The van der Waals surface area contributed by atoms with Crippen molar-refractivity contribution in [2.45, 2.75) is 6.54 Å². The van der Waals surface area contributed by atoms with Crippen molar-refractivity contribution in [1.29, 1.82) is 0 Å². The molecule has 0 N–H and O–H groups in total. The van der Waals surface area contributed by atoms with Gasteiger partial charge in [-0.25, -0.2) is 4.98 Å². The van der Waals surface area contributed by atoms with E-state index in [1.807, 2.05) is 47.8 Å². The Bertz CT molecular complexity index is 1360. The standard InChI is InChI=1S/C21H13ClN4O2S/c22-15-8-6-13(7-9-15)16-11-29-20-18(16)21(27)26(12-23-20)10-17-24-19(25-28-17)14-4-2-1-3-5-14/h1-9,11-12H,10H2. The lowest BCUT2D eigenvalue weighted by atomic mass is 10.1. The van der Waals surface area contributed by atoms with Gasteiger partial charge < -0.3 is 4.52 Å². The number of aromatic nitrogens is 4. The topological polar surface area (TPSA) is 73.8 Å². The van der Waals surface area contributed by atoms with Crippen LogP contribution >= 0.6 is 22.9 Å². The zero-order valence-corrected chi connectivity index (χ0v) is 16.5. The number of thiophene rings is 1. The normalized spacial score (nSPS) is 11.2. The maximum Gasteiger partial charge on any atom is 0.263 e. The lowest BCUT2D eigenvalue weighted by molar-refractivity contribution is 0.369. The third-order valence-electron chi connectivity index (χ3n) is 4.52. The molecular formula is C21H13ClN4O2S. The van der Waals surface area contributed by atoms with E-state index in [2.05, 4.69) is 15.1 Å². The van der Waals surface area contributed by atoms with Gasteiger partial charge in [0.2, 0.25) is 11.7 Å². The molecule has 0 aliphatic heterocycles. The lowest BCUT2D eigenvalue weighted by Gasteiger charge is -2.04. The fourth-order valence-corrected chi connectivity index (χ4v) is 4.12. The molecule has 0 unspecified atom stereocenters. The minimum Gasteiger partial charge on any atom is -0.337 e. The Balaban J connectivity index is 1.52. The average molecular weight is 421 g/mol. The predicted octanol–water partition coefficient (Wildman–Crippen LogP) is 4.88. The van der Waals surface area contributed by atoms with Gasteiger partial charge in [-0.05, 0) is 17.7 Å². The quantitative estimate of drug-likeness (QED) is 0.414. The fourth-order valence-electron chi connectivity index (χ4n) is 3.09. The Kier molecular flexibility index (Phi) is 4.46. The van der Waals surface area contributed by atoms with Crippen molar-refractivity contribution in [3.8, 4) is 22.5 Å². The Morgan fingerprint density at radius 1 is 1.03 bits per heavy atom. The number of fused-ring (bicyclic) bond motifs is 1. The van der Waals surface area contributed by atoms with Crippen LogP contribution < -0.4 is 5.56 Å². The molecule has 0 aliphatic rings. The second-order valence-electron chi connectivity index (χ2n) is 6.39. The van der Waals surface area contributed by atoms with Gasteiger partial charge in [0.1, 0.15) is 11.4 Å². The summed E-state index contributed by atoms with van der Waals surface area (Å²) >= 11 is 7.42. The van der Waals surface area contributed by atoms with Gasteiger partial charge in [-0.1, -0.05) is 59.2 Å². The van der Waals surface area contributed by atoms with Crippen LogP contribution in [-0.2, 0) is 6.54 Å². The minimum absolute atomic E-state index is 0.150. The molecule has 0 bridgehead atoms. The van der Waals surface area contributed by atoms with Crippen molar-refractivity contribution in [2.24, 2.45) is 0 Å². The highest BCUT2D eigenvalue weighted by molar-refractivity contribution is 7.17. The van der Waals surface area contributed by atoms with Gasteiger partial charge in [-0.2, -0.15) is 4.98 Å². The van der Waals surface area contributed by atoms with E-state index < -0.39 is 0 Å². The summed E-state index contributed by atoms with van der Waals surface area (Å²) in [6.07, 6.45) is 1.51. The summed E-state index contributed by atoms with van der Waals surface area (Å²) < 4.78 is 6.82. The predicted molar refractivity (Wildman–Crippen MR) is 113 cm³/mol. The van der Waals surface area contributed by atoms with E-state index in [0.717, 1.165) is 16.7 Å². The highest BCUT2D eigenvalue weighted by Crippen LogP contribution is 2.31. The number of rotatable bonds is 4. The Labute approximate surface area is 174 Å². The zero-order chi connectivity index (χ0) is 19.8. The molecule has 0 aliphatic carbocycles. The van der Waals surface area contributed by atoms with Crippen LogP contribution in [0.5, 0.6) is 0 Å². The number of hydrogen-bond donors (Lipinski definition) is 0. The van der Waals surface area contributed by atoms with Crippen molar-refractivity contribution in [3.63, 3.8) is 0 Å². The molecule has 142 valence electrons. The Hall–Kier alpha value is -3.29. The largest absolute Gasteiger partial charge is 0.337 e. The molecule has 3 aromatic heterocycles. The van der Waals surface area contributed by atoms with Crippen LogP contribution in [0.25, 0.3) is 32.7 Å². The molecule has 8 heteroatoms. The van der Waals surface area contributed by atoms with E-state index in [1.165, 1.54) is 22.2 Å². The molecule has 6 nitrogen and oxygen atoms in total. The Morgan fingerprint density at radius 2 is 1.83 bits per heavy atom. The molecular weight excluding hydrogens is 408 g/mol. The first-order valence-electron chi connectivity index (χ1n) is 8.79. The van der Waals surface area contributed by atoms with Crippen molar-refractivity contribution in [1.82, 2.24) is 19.7 Å². The van der Waals surface area contributed by atoms with Crippen LogP contribution in [0.2, 0.25) is 5.02 Å². The van der Waals surface area contributed by atoms with E-state index in [9.17, 15) is 4.79 Å². The summed E-state index contributed by atoms with van der Waals surface area (Å²) in [5, 5.41) is 7.16. The van der Waals surface area contributed by atoms with Crippen LogP contribution in [0, 0.1) is 0 Å². The summed E-state index contributed by atoms with van der Waals surface area (Å²) in [6, 6.07) is 16.9. The van der Waals surface area contributed by atoms with Gasteiger partial charge in [0.15, 0.2) is 0 Å². The zero-order valence-electron chi connectivity index (χ0n) is 14.9. The van der Waals surface area contributed by atoms with Crippen LogP contribution in [-0.4, -0.2) is 19.7 Å². The summed E-state index contributed by atoms with van der Waals surface area (Å²) in [7, 11) is 0. The SMILES string of the molecule is O=c1c2c(-c3ccc(Cl)cc3)csc2ncn1Cc1nc(-c2ccccc2)no1. The average Bonchev–Trinajstić information content (AvgIpc) is 3.39. The van der Waals surface area contributed by atoms with E-state index in [4.69, 9.17) is 16.1 Å². The van der Waals surface area contributed by atoms with Gasteiger partial charge >= 0.3 is 0 Å². The molecule has 0 atom stereocenters. The van der Waals surface area contributed by atoms with E-state index in [-0.39, 0.29) is 12.1 Å². The van der Waals surface area contributed by atoms with E-state index in [0.29, 0.717) is 27.0 Å². The molecule has 3 heterocycles. The molecule has 0 saturated carbocycles. The monoisotopic (exact) mass is 420 g/mol. The van der Waals surface area contributed by atoms with Crippen LogP contribution in [0.1, 0.15) is 5.89 Å². The third kappa shape index (κ3) is 3.35. The molecule has 0 spiro atoms. The Morgan fingerprint density at radius 3 is 2.62 bits per heavy atom. The second kappa shape index (κ2) is 7.27. The van der Waals surface area contributed by atoms with Gasteiger partial charge in [-0.15, -0.1) is 11.3 Å². The maximum atomic E-state index is 13.1. The lowest BCUT2D eigenvalue weighted by Crippen LogP contribution is -2.21. The molecule has 29 heavy (non-hydrogen) atoms. The van der Waals surface area contributed by atoms with Gasteiger partial charge in [0.25, 0.3) is 5.56 Å². The maximum absolute atomic E-state index is 13.1. The van der Waals surface area contributed by atoms with Crippen molar-refractivity contribution in [3.05, 3.63) is 87.6 Å². The van der Waals surface area contributed by atoms with Crippen LogP contribution in [0.4, 0.5) is 0 Å². The van der Waals surface area contributed by atoms with Crippen LogP contribution in [0.3, 0.4) is 0 Å². The number of benzene rings is 2. The highest BCUT2D eigenvalue weighted by atomic mass is 35.5. The highest BCUT2D eigenvalue weighted by Gasteiger charge is 2.15. The van der Waals surface area contributed by atoms with E-state index in [1.54, 1.807) is 12.1 Å². The number of nitrogens with zero attached hydrogens (tertiary/aromatic N) is 4. The molecule has 0 radical (unpaired) electrons. The van der Waals surface area contributed by atoms with Gasteiger partial charge in [0, 0.05) is 21.5 Å². The molecule has 0 saturated heterocycles. The molecule has 0 fully saturated rings. The van der Waals surface area contributed by atoms with Crippen molar-refractivity contribution < 1.29 is 4.52 Å². The molecule has 5 aromatic rings. The first kappa shape index (κ1) is 17.8. The fraction of sp³-hybridized carbons (Fsp3) is 0.0476. The van der Waals surface area contributed by atoms with Crippen LogP contribution in [0.15, 0.2) is 75.6 Å². The molecule has 0 amide bonds. The number of hydrogen-bond acceptors (Lipinski definition) is 6. The smallest absolute Gasteiger partial charge is 0.263 e. The molecule has 5 rings (SSSR count).